The Hall–Kier alpha value is -2.11. The lowest BCUT2D eigenvalue weighted by Crippen LogP contribution is -2.12. The van der Waals surface area contributed by atoms with Gasteiger partial charge in [0, 0.05) is 17.7 Å². The summed E-state index contributed by atoms with van der Waals surface area (Å²) < 4.78 is 5.21. The molecule has 2 N–H and O–H groups in total. The van der Waals surface area contributed by atoms with Crippen molar-refractivity contribution < 1.29 is 4.52 Å². The van der Waals surface area contributed by atoms with E-state index in [-0.39, 0.29) is 6.04 Å². The summed E-state index contributed by atoms with van der Waals surface area (Å²) in [4.78, 5) is 8.56. The molecule has 6 heteroatoms. The third-order valence-corrected chi connectivity index (χ3v) is 3.30. The zero-order valence-electron chi connectivity index (χ0n) is 12.6. The van der Waals surface area contributed by atoms with Crippen LogP contribution in [-0.2, 0) is 0 Å². The number of aryl methyl sites for hydroxylation is 2. The standard InChI is InChI=1S/C14H21N5O/c1-6-15-13-8(2)14(17-7-16-13)18-9(3)12-10(4)19-20-11(12)5/h7,9H,6H2,1-5H3,(H2,15,16,17,18). The van der Waals surface area contributed by atoms with Gasteiger partial charge in [-0.1, -0.05) is 5.16 Å². The van der Waals surface area contributed by atoms with Crippen LogP contribution in [0.5, 0.6) is 0 Å². The van der Waals surface area contributed by atoms with E-state index in [1.54, 1.807) is 6.33 Å². The Labute approximate surface area is 119 Å². The lowest BCUT2D eigenvalue weighted by atomic mass is 10.1. The summed E-state index contributed by atoms with van der Waals surface area (Å²) in [6.07, 6.45) is 1.56. The number of hydrogen-bond acceptors (Lipinski definition) is 6. The summed E-state index contributed by atoms with van der Waals surface area (Å²) in [5.41, 5.74) is 2.99. The summed E-state index contributed by atoms with van der Waals surface area (Å²) in [7, 11) is 0. The van der Waals surface area contributed by atoms with Crippen molar-refractivity contribution in [3.63, 3.8) is 0 Å². The van der Waals surface area contributed by atoms with Gasteiger partial charge in [0.1, 0.15) is 23.7 Å². The van der Waals surface area contributed by atoms with Crippen LogP contribution in [0.1, 0.15) is 42.5 Å². The van der Waals surface area contributed by atoms with E-state index in [1.165, 1.54) is 0 Å². The maximum absolute atomic E-state index is 5.21. The highest BCUT2D eigenvalue weighted by Crippen LogP contribution is 2.26. The fraction of sp³-hybridized carbons (Fsp3) is 0.500. The van der Waals surface area contributed by atoms with Crippen LogP contribution in [0, 0.1) is 20.8 Å². The van der Waals surface area contributed by atoms with Gasteiger partial charge in [0.15, 0.2) is 0 Å². The van der Waals surface area contributed by atoms with Crippen LogP contribution >= 0.6 is 0 Å². The molecule has 0 aliphatic heterocycles. The number of hydrogen-bond donors (Lipinski definition) is 2. The first-order chi connectivity index (χ1) is 9.54. The molecule has 6 nitrogen and oxygen atoms in total. The van der Waals surface area contributed by atoms with Crippen molar-refractivity contribution in [2.45, 2.75) is 40.7 Å². The second-order valence-electron chi connectivity index (χ2n) is 4.83. The number of anilines is 2. The molecular formula is C14H21N5O. The average molecular weight is 275 g/mol. The Morgan fingerprint density at radius 2 is 1.90 bits per heavy atom. The van der Waals surface area contributed by atoms with E-state index in [4.69, 9.17) is 4.52 Å². The van der Waals surface area contributed by atoms with Gasteiger partial charge in [-0.25, -0.2) is 9.97 Å². The van der Waals surface area contributed by atoms with Gasteiger partial charge in [-0.3, -0.25) is 0 Å². The molecule has 1 atom stereocenters. The fourth-order valence-corrected chi connectivity index (χ4v) is 2.33. The number of nitrogens with zero attached hydrogens (tertiary/aromatic N) is 3. The lowest BCUT2D eigenvalue weighted by Gasteiger charge is -2.17. The Morgan fingerprint density at radius 1 is 1.20 bits per heavy atom. The van der Waals surface area contributed by atoms with Gasteiger partial charge >= 0.3 is 0 Å². The molecule has 0 spiro atoms. The maximum Gasteiger partial charge on any atom is 0.139 e. The molecule has 0 saturated carbocycles. The summed E-state index contributed by atoms with van der Waals surface area (Å²) in [6, 6.07) is 0.0735. The third kappa shape index (κ3) is 2.74. The minimum atomic E-state index is 0.0735. The van der Waals surface area contributed by atoms with Crippen LogP contribution in [0.15, 0.2) is 10.9 Å². The molecule has 0 aromatic carbocycles. The summed E-state index contributed by atoms with van der Waals surface area (Å²) >= 11 is 0. The molecule has 2 rings (SSSR count). The first-order valence-electron chi connectivity index (χ1n) is 6.79. The van der Waals surface area contributed by atoms with E-state index in [0.717, 1.165) is 40.8 Å². The Morgan fingerprint density at radius 3 is 2.50 bits per heavy atom. The van der Waals surface area contributed by atoms with Crippen molar-refractivity contribution in [1.82, 2.24) is 15.1 Å². The highest BCUT2D eigenvalue weighted by molar-refractivity contribution is 5.57. The molecule has 0 amide bonds. The smallest absolute Gasteiger partial charge is 0.139 e. The molecule has 2 heterocycles. The van der Waals surface area contributed by atoms with Crippen molar-refractivity contribution >= 4 is 11.6 Å². The van der Waals surface area contributed by atoms with Crippen LogP contribution < -0.4 is 10.6 Å². The zero-order chi connectivity index (χ0) is 14.7. The van der Waals surface area contributed by atoms with Crippen LogP contribution in [-0.4, -0.2) is 21.7 Å². The largest absolute Gasteiger partial charge is 0.370 e. The molecule has 0 radical (unpaired) electrons. The minimum absolute atomic E-state index is 0.0735. The second kappa shape index (κ2) is 5.90. The highest BCUT2D eigenvalue weighted by Gasteiger charge is 2.18. The van der Waals surface area contributed by atoms with Crippen molar-refractivity contribution in [1.29, 1.82) is 0 Å². The molecule has 0 fully saturated rings. The van der Waals surface area contributed by atoms with Crippen LogP contribution in [0.4, 0.5) is 11.6 Å². The monoisotopic (exact) mass is 275 g/mol. The SMILES string of the molecule is CCNc1ncnc(NC(C)c2c(C)noc2C)c1C. The number of nitrogens with one attached hydrogen (secondary N) is 2. The van der Waals surface area contributed by atoms with Gasteiger partial charge in [-0.2, -0.15) is 0 Å². The summed E-state index contributed by atoms with van der Waals surface area (Å²) in [6.45, 7) is 10.8. The van der Waals surface area contributed by atoms with E-state index >= 15 is 0 Å². The number of rotatable bonds is 5. The van der Waals surface area contributed by atoms with Crippen molar-refractivity contribution in [2.24, 2.45) is 0 Å². The van der Waals surface area contributed by atoms with Gasteiger partial charge in [-0.15, -0.1) is 0 Å². The van der Waals surface area contributed by atoms with Gasteiger partial charge in [0.25, 0.3) is 0 Å². The lowest BCUT2D eigenvalue weighted by molar-refractivity contribution is 0.392. The van der Waals surface area contributed by atoms with Gasteiger partial charge in [0.2, 0.25) is 0 Å². The van der Waals surface area contributed by atoms with Crippen molar-refractivity contribution in [3.05, 3.63) is 28.9 Å². The Balaban J connectivity index is 2.24. The molecule has 0 saturated heterocycles. The molecule has 20 heavy (non-hydrogen) atoms. The normalized spacial score (nSPS) is 12.2. The second-order valence-corrected chi connectivity index (χ2v) is 4.83. The predicted octanol–water partition coefficient (Wildman–Crippen LogP) is 2.99. The van der Waals surface area contributed by atoms with E-state index in [1.807, 2.05) is 27.7 Å². The van der Waals surface area contributed by atoms with Crippen molar-refractivity contribution in [3.8, 4) is 0 Å². The molecule has 1 unspecified atom stereocenters. The first-order valence-corrected chi connectivity index (χ1v) is 6.79. The molecule has 2 aromatic rings. The fourth-order valence-electron chi connectivity index (χ4n) is 2.33. The van der Waals surface area contributed by atoms with E-state index in [9.17, 15) is 0 Å². The van der Waals surface area contributed by atoms with E-state index in [0.29, 0.717) is 0 Å². The molecular weight excluding hydrogens is 254 g/mol. The van der Waals surface area contributed by atoms with Gasteiger partial charge in [-0.05, 0) is 34.6 Å². The molecule has 0 aliphatic rings. The Kier molecular flexibility index (Phi) is 4.22. The molecule has 108 valence electrons. The van der Waals surface area contributed by atoms with Crippen LogP contribution in [0.2, 0.25) is 0 Å². The highest BCUT2D eigenvalue weighted by atomic mass is 16.5. The number of aromatic nitrogens is 3. The predicted molar refractivity (Wildman–Crippen MR) is 78.9 cm³/mol. The van der Waals surface area contributed by atoms with Crippen LogP contribution in [0.25, 0.3) is 0 Å². The van der Waals surface area contributed by atoms with Gasteiger partial charge < -0.3 is 15.2 Å². The maximum atomic E-state index is 5.21. The Bertz CT molecular complexity index is 574. The van der Waals surface area contributed by atoms with E-state index < -0.39 is 0 Å². The zero-order valence-corrected chi connectivity index (χ0v) is 12.6. The third-order valence-electron chi connectivity index (χ3n) is 3.30. The first kappa shape index (κ1) is 14.3. The van der Waals surface area contributed by atoms with E-state index in [2.05, 4.69) is 32.7 Å². The quantitative estimate of drug-likeness (QED) is 0.873. The van der Waals surface area contributed by atoms with Crippen molar-refractivity contribution in [2.75, 3.05) is 17.2 Å². The summed E-state index contributed by atoms with van der Waals surface area (Å²) in [5.74, 6) is 2.51. The van der Waals surface area contributed by atoms with Gasteiger partial charge in [0.05, 0.1) is 11.7 Å². The molecule has 0 bridgehead atoms. The minimum Gasteiger partial charge on any atom is -0.370 e. The molecule has 2 aromatic heterocycles. The molecule has 0 aliphatic carbocycles. The average Bonchev–Trinajstić information content (AvgIpc) is 2.74. The topological polar surface area (TPSA) is 75.9 Å². The van der Waals surface area contributed by atoms with Crippen LogP contribution in [0.3, 0.4) is 0 Å². The summed E-state index contributed by atoms with van der Waals surface area (Å²) in [5, 5.41) is 10.6.